The van der Waals surface area contributed by atoms with Gasteiger partial charge in [-0.25, -0.2) is 0 Å². The Kier molecular flexibility index (Phi) is 6.39. The molecule has 0 radical (unpaired) electrons. The summed E-state index contributed by atoms with van der Waals surface area (Å²) in [5, 5.41) is 3.66. The molecule has 1 N–H and O–H groups in total. The van der Waals surface area contributed by atoms with Crippen LogP contribution in [-0.4, -0.2) is 26.2 Å². The van der Waals surface area contributed by atoms with E-state index in [1.54, 1.807) is 44.4 Å². The van der Waals surface area contributed by atoms with E-state index in [0.717, 1.165) is 5.56 Å². The molecule has 1 atom stereocenters. The van der Waals surface area contributed by atoms with Gasteiger partial charge in [-0.2, -0.15) is 0 Å². The Hall–Kier alpha value is -2.11. The summed E-state index contributed by atoms with van der Waals surface area (Å²) in [4.78, 5) is 12.4. The Bertz CT molecular complexity index is 780. The second kappa shape index (κ2) is 8.32. The van der Waals surface area contributed by atoms with Crippen LogP contribution in [0.2, 0.25) is 10.0 Å². The van der Waals surface area contributed by atoms with E-state index < -0.39 is 6.10 Å². The van der Waals surface area contributed by atoms with E-state index in [2.05, 4.69) is 5.32 Å². The number of halogens is 2. The van der Waals surface area contributed by atoms with Crippen molar-refractivity contribution in [2.75, 3.05) is 19.5 Å². The van der Waals surface area contributed by atoms with Gasteiger partial charge in [-0.1, -0.05) is 23.2 Å². The molecule has 0 fully saturated rings. The van der Waals surface area contributed by atoms with Crippen LogP contribution in [0.4, 0.5) is 5.69 Å². The topological polar surface area (TPSA) is 56.8 Å². The smallest absolute Gasteiger partial charge is 0.265 e. The summed E-state index contributed by atoms with van der Waals surface area (Å²) in [7, 11) is 3.09. The number of hydrogen-bond acceptors (Lipinski definition) is 4. The van der Waals surface area contributed by atoms with Crippen LogP contribution < -0.4 is 19.5 Å². The third-order valence-electron chi connectivity index (χ3n) is 3.56. The number of methoxy groups -OCH3 is 2. The molecule has 0 heterocycles. The summed E-state index contributed by atoms with van der Waals surface area (Å²) in [6.45, 7) is 3.50. The van der Waals surface area contributed by atoms with Crippen molar-refractivity contribution in [1.82, 2.24) is 0 Å². The summed E-state index contributed by atoms with van der Waals surface area (Å²) < 4.78 is 16.1. The average Bonchev–Trinajstić information content (AvgIpc) is 2.58. The molecule has 0 aliphatic heterocycles. The van der Waals surface area contributed by atoms with Crippen LogP contribution in [0.3, 0.4) is 0 Å². The Labute approximate surface area is 156 Å². The van der Waals surface area contributed by atoms with E-state index in [9.17, 15) is 4.79 Å². The Morgan fingerprint density at radius 3 is 2.28 bits per heavy atom. The maximum atomic E-state index is 12.4. The van der Waals surface area contributed by atoms with Crippen molar-refractivity contribution in [2.45, 2.75) is 20.0 Å². The molecule has 0 unspecified atom stereocenters. The summed E-state index contributed by atoms with van der Waals surface area (Å²) in [6, 6.07) is 8.31. The second-order valence-corrected chi connectivity index (χ2v) is 6.19. The molecule has 1 amide bonds. The van der Waals surface area contributed by atoms with Gasteiger partial charge in [0.05, 0.1) is 19.2 Å². The lowest BCUT2D eigenvalue weighted by Gasteiger charge is -2.18. The molecule has 0 saturated heterocycles. The lowest BCUT2D eigenvalue weighted by atomic mass is 10.1. The van der Waals surface area contributed by atoms with E-state index in [1.165, 1.54) is 7.11 Å². The van der Waals surface area contributed by atoms with Crippen molar-refractivity contribution in [3.8, 4) is 17.2 Å². The lowest BCUT2D eigenvalue weighted by Crippen LogP contribution is -2.30. The molecule has 2 rings (SSSR count). The third kappa shape index (κ3) is 4.71. The highest BCUT2D eigenvalue weighted by atomic mass is 35.5. The molecule has 0 aromatic heterocycles. The van der Waals surface area contributed by atoms with Gasteiger partial charge in [0.2, 0.25) is 0 Å². The van der Waals surface area contributed by atoms with Crippen molar-refractivity contribution in [1.29, 1.82) is 0 Å². The van der Waals surface area contributed by atoms with Gasteiger partial charge in [-0.05, 0) is 43.7 Å². The number of rotatable bonds is 6. The number of ether oxygens (including phenoxy) is 3. The molecule has 0 aliphatic rings. The molecule has 2 aromatic carbocycles. The zero-order valence-corrected chi connectivity index (χ0v) is 15.9. The van der Waals surface area contributed by atoms with Crippen LogP contribution in [0.25, 0.3) is 0 Å². The second-order valence-electron chi connectivity index (χ2n) is 5.35. The molecule has 0 bridgehead atoms. The summed E-state index contributed by atoms with van der Waals surface area (Å²) in [6.07, 6.45) is -0.758. The van der Waals surface area contributed by atoms with Crippen LogP contribution in [0.1, 0.15) is 12.5 Å². The number of carbonyl (C=O) groups is 1. The van der Waals surface area contributed by atoms with E-state index in [1.807, 2.05) is 6.92 Å². The molecule has 134 valence electrons. The first-order valence-electron chi connectivity index (χ1n) is 7.51. The number of anilines is 1. The highest BCUT2D eigenvalue weighted by Crippen LogP contribution is 2.33. The maximum Gasteiger partial charge on any atom is 0.265 e. The van der Waals surface area contributed by atoms with Crippen molar-refractivity contribution in [3.63, 3.8) is 0 Å². The fourth-order valence-electron chi connectivity index (χ4n) is 2.16. The zero-order valence-electron chi connectivity index (χ0n) is 14.4. The van der Waals surface area contributed by atoms with Crippen LogP contribution in [-0.2, 0) is 4.79 Å². The van der Waals surface area contributed by atoms with E-state index >= 15 is 0 Å². The lowest BCUT2D eigenvalue weighted by molar-refractivity contribution is -0.122. The molecule has 7 heteroatoms. The minimum atomic E-state index is -0.758. The van der Waals surface area contributed by atoms with Crippen LogP contribution in [0.5, 0.6) is 17.2 Å². The van der Waals surface area contributed by atoms with Crippen molar-refractivity contribution in [2.24, 2.45) is 0 Å². The number of carbonyl (C=O) groups excluding carboxylic acids is 1. The average molecular weight is 384 g/mol. The normalized spacial score (nSPS) is 11.6. The predicted octanol–water partition coefficient (Wildman–Crippen LogP) is 4.73. The van der Waals surface area contributed by atoms with Crippen LogP contribution in [0, 0.1) is 6.92 Å². The third-order valence-corrected chi connectivity index (χ3v) is 4.09. The van der Waals surface area contributed by atoms with Gasteiger partial charge in [-0.3, -0.25) is 4.79 Å². The van der Waals surface area contributed by atoms with E-state index in [-0.39, 0.29) is 5.91 Å². The van der Waals surface area contributed by atoms with Crippen molar-refractivity contribution in [3.05, 3.63) is 45.9 Å². The minimum Gasteiger partial charge on any atom is -0.493 e. The van der Waals surface area contributed by atoms with Gasteiger partial charge in [-0.15, -0.1) is 0 Å². The highest BCUT2D eigenvalue weighted by Gasteiger charge is 2.18. The maximum absolute atomic E-state index is 12.4. The zero-order chi connectivity index (χ0) is 18.6. The summed E-state index contributed by atoms with van der Waals surface area (Å²) >= 11 is 11.9. The molecule has 0 aliphatic carbocycles. The quantitative estimate of drug-likeness (QED) is 0.783. The SMILES string of the molecule is COc1cc(C)c(NC(=O)[C@H](C)Oc2ccc(Cl)cc2Cl)cc1OC. The Morgan fingerprint density at radius 1 is 1.04 bits per heavy atom. The van der Waals surface area contributed by atoms with Gasteiger partial charge in [0.1, 0.15) is 5.75 Å². The van der Waals surface area contributed by atoms with Gasteiger partial charge in [0, 0.05) is 16.8 Å². The molecule has 5 nitrogen and oxygen atoms in total. The Morgan fingerprint density at radius 2 is 1.68 bits per heavy atom. The minimum absolute atomic E-state index is 0.318. The largest absolute Gasteiger partial charge is 0.493 e. The number of amides is 1. The predicted molar refractivity (Wildman–Crippen MR) is 99.5 cm³/mol. The standard InChI is InChI=1S/C18H19Cl2NO4/c1-10-7-16(23-3)17(24-4)9-14(10)21-18(22)11(2)25-15-6-5-12(19)8-13(15)20/h5-9,11H,1-4H3,(H,21,22)/t11-/m0/s1. The fraction of sp³-hybridized carbons (Fsp3) is 0.278. The first-order valence-corrected chi connectivity index (χ1v) is 8.26. The van der Waals surface area contributed by atoms with E-state index in [0.29, 0.717) is 33.0 Å². The van der Waals surface area contributed by atoms with Crippen molar-refractivity contribution < 1.29 is 19.0 Å². The van der Waals surface area contributed by atoms with Crippen LogP contribution in [0.15, 0.2) is 30.3 Å². The van der Waals surface area contributed by atoms with Crippen LogP contribution >= 0.6 is 23.2 Å². The molecular formula is C18H19Cl2NO4. The Balaban J connectivity index is 2.13. The van der Waals surface area contributed by atoms with Gasteiger partial charge >= 0.3 is 0 Å². The van der Waals surface area contributed by atoms with Gasteiger partial charge < -0.3 is 19.5 Å². The molecule has 0 spiro atoms. The fourth-order valence-corrected chi connectivity index (χ4v) is 2.62. The molecule has 0 saturated carbocycles. The molecule has 25 heavy (non-hydrogen) atoms. The van der Waals surface area contributed by atoms with Crippen molar-refractivity contribution >= 4 is 34.8 Å². The molecular weight excluding hydrogens is 365 g/mol. The van der Waals surface area contributed by atoms with Gasteiger partial charge in [0.25, 0.3) is 5.91 Å². The monoisotopic (exact) mass is 383 g/mol. The number of nitrogens with one attached hydrogen (secondary N) is 1. The van der Waals surface area contributed by atoms with Gasteiger partial charge in [0.15, 0.2) is 17.6 Å². The molecule has 2 aromatic rings. The first-order chi connectivity index (χ1) is 11.8. The number of hydrogen-bond donors (Lipinski definition) is 1. The summed E-state index contributed by atoms with van der Waals surface area (Å²) in [5.74, 6) is 1.19. The van der Waals surface area contributed by atoms with E-state index in [4.69, 9.17) is 37.4 Å². The first kappa shape index (κ1) is 19.2. The number of benzene rings is 2. The number of aryl methyl sites for hydroxylation is 1. The highest BCUT2D eigenvalue weighted by molar-refractivity contribution is 6.35. The summed E-state index contributed by atoms with van der Waals surface area (Å²) in [5.41, 5.74) is 1.45.